The largest absolute Gasteiger partial charge is 0.493 e. The van der Waals surface area contributed by atoms with Gasteiger partial charge in [0.1, 0.15) is 0 Å². The van der Waals surface area contributed by atoms with E-state index in [-0.39, 0.29) is 17.9 Å². The SMILES string of the molecule is COc1cc(C(=O)N2CCN(C(=O)c3cc(OC)c(OC)c(OC)c3)C(CCc3ccc(Cl)cc3)C2)cc(OC)c1OC. The van der Waals surface area contributed by atoms with Gasteiger partial charge in [-0.15, -0.1) is 0 Å². The molecule has 1 unspecified atom stereocenters. The number of methoxy groups -OCH3 is 6. The minimum absolute atomic E-state index is 0.194. The monoisotopic (exact) mass is 612 g/mol. The van der Waals surface area contributed by atoms with Crippen molar-refractivity contribution >= 4 is 23.4 Å². The summed E-state index contributed by atoms with van der Waals surface area (Å²) in [4.78, 5) is 31.3. The summed E-state index contributed by atoms with van der Waals surface area (Å²) in [5.74, 6) is 1.97. The van der Waals surface area contributed by atoms with Crippen LogP contribution >= 0.6 is 11.6 Å². The maximum Gasteiger partial charge on any atom is 0.254 e. The number of halogens is 1. The fourth-order valence-electron chi connectivity index (χ4n) is 5.30. The molecular weight excluding hydrogens is 576 g/mol. The first kappa shape index (κ1) is 31.6. The van der Waals surface area contributed by atoms with Crippen LogP contribution in [-0.4, -0.2) is 89.9 Å². The normalized spacial score (nSPS) is 14.6. The van der Waals surface area contributed by atoms with E-state index >= 15 is 0 Å². The molecule has 43 heavy (non-hydrogen) atoms. The highest BCUT2D eigenvalue weighted by molar-refractivity contribution is 6.30. The Labute approximate surface area is 256 Å². The zero-order chi connectivity index (χ0) is 31.1. The van der Waals surface area contributed by atoms with Gasteiger partial charge >= 0.3 is 0 Å². The minimum Gasteiger partial charge on any atom is -0.493 e. The Kier molecular flexibility index (Phi) is 10.5. The minimum atomic E-state index is -0.276. The molecule has 3 aromatic rings. The van der Waals surface area contributed by atoms with Crippen LogP contribution in [0.2, 0.25) is 5.02 Å². The molecule has 0 saturated carbocycles. The third-order valence-corrected chi connectivity index (χ3v) is 7.79. The molecule has 10 nitrogen and oxygen atoms in total. The number of aryl methyl sites for hydroxylation is 1. The number of benzene rings is 3. The Morgan fingerprint density at radius 2 is 1.16 bits per heavy atom. The summed E-state index contributed by atoms with van der Waals surface area (Å²) in [6, 6.07) is 13.9. The maximum atomic E-state index is 14.0. The van der Waals surface area contributed by atoms with Gasteiger partial charge in [0.15, 0.2) is 23.0 Å². The molecule has 1 heterocycles. The van der Waals surface area contributed by atoms with E-state index in [1.165, 1.54) is 42.7 Å². The summed E-state index contributed by atoms with van der Waals surface area (Å²) in [6.07, 6.45) is 1.31. The fourth-order valence-corrected chi connectivity index (χ4v) is 5.42. The van der Waals surface area contributed by atoms with Gasteiger partial charge in [0.05, 0.1) is 48.7 Å². The number of amides is 2. The van der Waals surface area contributed by atoms with E-state index in [2.05, 4.69) is 0 Å². The van der Waals surface area contributed by atoms with Crippen molar-refractivity contribution in [3.63, 3.8) is 0 Å². The number of ether oxygens (including phenoxy) is 6. The zero-order valence-corrected chi connectivity index (χ0v) is 26.0. The molecular formula is C32H37ClN2O8. The zero-order valence-electron chi connectivity index (χ0n) is 25.3. The molecule has 0 spiro atoms. The second kappa shape index (κ2) is 14.2. The highest BCUT2D eigenvalue weighted by Crippen LogP contribution is 2.40. The Morgan fingerprint density at radius 3 is 1.60 bits per heavy atom. The molecule has 0 N–H and O–H groups in total. The number of hydrogen-bond acceptors (Lipinski definition) is 8. The van der Waals surface area contributed by atoms with Crippen LogP contribution < -0.4 is 28.4 Å². The van der Waals surface area contributed by atoms with Gasteiger partial charge in [0, 0.05) is 35.8 Å². The topological polar surface area (TPSA) is 96.0 Å². The second-order valence-corrected chi connectivity index (χ2v) is 10.3. The quantitative estimate of drug-likeness (QED) is 0.299. The van der Waals surface area contributed by atoms with Crippen LogP contribution in [0.1, 0.15) is 32.7 Å². The van der Waals surface area contributed by atoms with E-state index in [1.807, 2.05) is 29.2 Å². The Hall–Kier alpha value is -4.31. The van der Waals surface area contributed by atoms with E-state index in [9.17, 15) is 9.59 Å². The molecule has 11 heteroatoms. The number of piperazine rings is 1. The summed E-state index contributed by atoms with van der Waals surface area (Å²) in [7, 11) is 9.05. The lowest BCUT2D eigenvalue weighted by atomic mass is 10.00. The summed E-state index contributed by atoms with van der Waals surface area (Å²) >= 11 is 6.09. The molecule has 1 atom stereocenters. The van der Waals surface area contributed by atoms with Crippen molar-refractivity contribution in [2.24, 2.45) is 0 Å². The number of nitrogens with zero attached hydrogens (tertiary/aromatic N) is 2. The molecule has 3 aromatic carbocycles. The maximum absolute atomic E-state index is 14.0. The van der Waals surface area contributed by atoms with Gasteiger partial charge < -0.3 is 38.2 Å². The molecule has 1 fully saturated rings. The van der Waals surface area contributed by atoms with E-state index in [1.54, 1.807) is 29.2 Å². The van der Waals surface area contributed by atoms with Crippen LogP contribution in [0.15, 0.2) is 48.5 Å². The van der Waals surface area contributed by atoms with Crippen LogP contribution in [0.5, 0.6) is 34.5 Å². The average molecular weight is 613 g/mol. The van der Waals surface area contributed by atoms with Gasteiger partial charge in [0.25, 0.3) is 11.8 Å². The van der Waals surface area contributed by atoms with E-state index in [4.69, 9.17) is 40.0 Å². The van der Waals surface area contributed by atoms with Gasteiger partial charge in [-0.1, -0.05) is 23.7 Å². The van der Waals surface area contributed by atoms with Gasteiger partial charge in [0.2, 0.25) is 11.5 Å². The molecule has 230 valence electrons. The van der Waals surface area contributed by atoms with Crippen molar-refractivity contribution in [3.05, 3.63) is 70.2 Å². The number of carbonyl (C=O) groups is 2. The summed E-state index contributed by atoms with van der Waals surface area (Å²) < 4.78 is 32.7. The average Bonchev–Trinajstić information content (AvgIpc) is 3.05. The molecule has 1 aliphatic rings. The molecule has 1 saturated heterocycles. The van der Waals surface area contributed by atoms with Crippen molar-refractivity contribution in [2.45, 2.75) is 18.9 Å². The molecule has 1 aliphatic heterocycles. The van der Waals surface area contributed by atoms with Gasteiger partial charge in [-0.05, 0) is 54.8 Å². The van der Waals surface area contributed by atoms with Crippen molar-refractivity contribution in [1.29, 1.82) is 0 Å². The summed E-state index contributed by atoms with van der Waals surface area (Å²) in [5, 5.41) is 0.655. The van der Waals surface area contributed by atoms with Crippen LogP contribution in [0.4, 0.5) is 0 Å². The van der Waals surface area contributed by atoms with Crippen molar-refractivity contribution in [1.82, 2.24) is 9.80 Å². The lowest BCUT2D eigenvalue weighted by molar-refractivity contribution is 0.0372. The van der Waals surface area contributed by atoms with Crippen LogP contribution in [0.3, 0.4) is 0 Å². The third kappa shape index (κ3) is 6.85. The van der Waals surface area contributed by atoms with Gasteiger partial charge in [-0.2, -0.15) is 0 Å². The highest BCUT2D eigenvalue weighted by atomic mass is 35.5. The van der Waals surface area contributed by atoms with Crippen LogP contribution in [0, 0.1) is 0 Å². The van der Waals surface area contributed by atoms with Crippen LogP contribution in [-0.2, 0) is 6.42 Å². The fraction of sp³-hybridized carbons (Fsp3) is 0.375. The first-order chi connectivity index (χ1) is 20.8. The van der Waals surface area contributed by atoms with E-state index < -0.39 is 0 Å². The Morgan fingerprint density at radius 1 is 0.698 bits per heavy atom. The molecule has 4 rings (SSSR count). The molecule has 0 radical (unpaired) electrons. The lowest BCUT2D eigenvalue weighted by Gasteiger charge is -2.42. The van der Waals surface area contributed by atoms with Gasteiger partial charge in [-0.25, -0.2) is 0 Å². The second-order valence-electron chi connectivity index (χ2n) is 9.90. The first-order valence-electron chi connectivity index (χ1n) is 13.7. The molecule has 2 amide bonds. The third-order valence-electron chi connectivity index (χ3n) is 7.53. The van der Waals surface area contributed by atoms with Crippen molar-refractivity contribution in [2.75, 3.05) is 62.3 Å². The molecule has 0 aromatic heterocycles. The predicted octanol–water partition coefficient (Wildman–Crippen LogP) is 4.99. The smallest absolute Gasteiger partial charge is 0.254 e. The standard InChI is InChI=1S/C32H37ClN2O8/c1-38-25-15-21(16-26(39-2)29(25)42-5)31(36)34-13-14-35(24(19-34)12-9-20-7-10-23(33)11-8-20)32(37)22-17-27(40-3)30(43-6)28(18-22)41-4/h7-8,10-11,15-18,24H,9,12-14,19H2,1-6H3. The number of carbonyl (C=O) groups excluding carboxylic acids is 2. The van der Waals surface area contributed by atoms with Crippen molar-refractivity contribution < 1.29 is 38.0 Å². The first-order valence-corrected chi connectivity index (χ1v) is 14.1. The predicted molar refractivity (Wildman–Crippen MR) is 163 cm³/mol. The highest BCUT2D eigenvalue weighted by Gasteiger charge is 2.34. The Bertz CT molecular complexity index is 1400. The molecule has 0 bridgehead atoms. The van der Waals surface area contributed by atoms with Crippen LogP contribution in [0.25, 0.3) is 0 Å². The summed E-state index contributed by atoms with van der Waals surface area (Å²) in [6.45, 7) is 0.999. The van der Waals surface area contributed by atoms with E-state index in [0.717, 1.165) is 5.56 Å². The number of rotatable bonds is 11. The van der Waals surface area contributed by atoms with Crippen molar-refractivity contribution in [3.8, 4) is 34.5 Å². The lowest BCUT2D eigenvalue weighted by Crippen LogP contribution is -2.56. The summed E-state index contributed by atoms with van der Waals surface area (Å²) in [5.41, 5.74) is 1.88. The van der Waals surface area contributed by atoms with E-state index in [0.29, 0.717) is 83.1 Å². The Balaban J connectivity index is 1.64. The van der Waals surface area contributed by atoms with Gasteiger partial charge in [-0.3, -0.25) is 9.59 Å². The number of hydrogen-bond donors (Lipinski definition) is 0. The molecule has 0 aliphatic carbocycles.